The van der Waals surface area contributed by atoms with Crippen LogP contribution in [0.5, 0.6) is 5.75 Å². The van der Waals surface area contributed by atoms with Gasteiger partial charge in [-0.15, -0.1) is 12.4 Å². The maximum absolute atomic E-state index is 5.90. The Labute approximate surface area is 98.7 Å². The van der Waals surface area contributed by atoms with Crippen LogP contribution < -0.4 is 10.5 Å². The average Bonchev–Trinajstić information content (AvgIpc) is 2.75. The molecular formula is C9H10Cl3NO. The fourth-order valence-corrected chi connectivity index (χ4v) is 1.56. The van der Waals surface area contributed by atoms with Crippen LogP contribution in [-0.4, -0.2) is 12.1 Å². The average molecular weight is 255 g/mol. The van der Waals surface area contributed by atoms with Crippen LogP contribution in [0.4, 0.5) is 0 Å². The molecule has 14 heavy (non-hydrogen) atoms. The summed E-state index contributed by atoms with van der Waals surface area (Å²) >= 11 is 11.8. The van der Waals surface area contributed by atoms with Crippen LogP contribution in [0.2, 0.25) is 10.0 Å². The standard InChI is InChI=1S/C9H9Cl2NO.ClH/c10-5-2-1-3-6(11)9(5)13-8-4-7(8)12;/h1-3,7-8H,4,12H2;1H/t7-,8+;/m1./s1. The number of para-hydroxylation sites is 1. The molecule has 78 valence electrons. The molecule has 0 saturated heterocycles. The fraction of sp³-hybridized carbons (Fsp3) is 0.333. The van der Waals surface area contributed by atoms with Gasteiger partial charge in [0.25, 0.3) is 0 Å². The Morgan fingerprint density at radius 1 is 1.29 bits per heavy atom. The van der Waals surface area contributed by atoms with E-state index in [9.17, 15) is 0 Å². The van der Waals surface area contributed by atoms with E-state index in [0.29, 0.717) is 15.8 Å². The van der Waals surface area contributed by atoms with E-state index in [0.717, 1.165) is 6.42 Å². The lowest BCUT2D eigenvalue weighted by Gasteiger charge is -2.08. The summed E-state index contributed by atoms with van der Waals surface area (Å²) < 4.78 is 5.51. The van der Waals surface area contributed by atoms with E-state index < -0.39 is 0 Å². The molecule has 2 nitrogen and oxygen atoms in total. The highest BCUT2D eigenvalue weighted by Gasteiger charge is 2.36. The molecule has 0 heterocycles. The van der Waals surface area contributed by atoms with Gasteiger partial charge in [-0.25, -0.2) is 0 Å². The summed E-state index contributed by atoms with van der Waals surface area (Å²) in [5.74, 6) is 0.545. The smallest absolute Gasteiger partial charge is 0.156 e. The molecule has 0 bridgehead atoms. The molecule has 1 fully saturated rings. The van der Waals surface area contributed by atoms with Gasteiger partial charge in [0.2, 0.25) is 0 Å². The molecule has 2 rings (SSSR count). The van der Waals surface area contributed by atoms with Gasteiger partial charge < -0.3 is 10.5 Å². The summed E-state index contributed by atoms with van der Waals surface area (Å²) in [7, 11) is 0. The number of rotatable bonds is 2. The van der Waals surface area contributed by atoms with Gasteiger partial charge in [0.15, 0.2) is 5.75 Å². The van der Waals surface area contributed by atoms with E-state index in [-0.39, 0.29) is 24.6 Å². The minimum atomic E-state index is 0. The molecule has 1 aliphatic carbocycles. The molecule has 0 aliphatic heterocycles. The first-order valence-corrected chi connectivity index (χ1v) is 4.80. The predicted molar refractivity (Wildman–Crippen MR) is 60.7 cm³/mol. The van der Waals surface area contributed by atoms with Crippen molar-refractivity contribution in [2.45, 2.75) is 18.6 Å². The largest absolute Gasteiger partial charge is 0.486 e. The Morgan fingerprint density at radius 2 is 1.79 bits per heavy atom. The summed E-state index contributed by atoms with van der Waals surface area (Å²) in [4.78, 5) is 0. The lowest BCUT2D eigenvalue weighted by molar-refractivity contribution is 0.297. The number of ether oxygens (including phenoxy) is 1. The van der Waals surface area contributed by atoms with Crippen LogP contribution in [0.25, 0.3) is 0 Å². The molecule has 1 aromatic carbocycles. The Kier molecular flexibility index (Phi) is 3.90. The zero-order valence-corrected chi connectivity index (χ0v) is 9.57. The monoisotopic (exact) mass is 253 g/mol. The van der Waals surface area contributed by atoms with Crippen molar-refractivity contribution in [3.63, 3.8) is 0 Å². The molecule has 1 aliphatic rings. The number of benzene rings is 1. The highest BCUT2D eigenvalue weighted by atomic mass is 35.5. The van der Waals surface area contributed by atoms with Crippen molar-refractivity contribution < 1.29 is 4.74 Å². The molecule has 0 aromatic heterocycles. The molecule has 1 aromatic rings. The molecule has 1 saturated carbocycles. The number of nitrogens with two attached hydrogens (primary N) is 1. The van der Waals surface area contributed by atoms with Crippen molar-refractivity contribution in [2.24, 2.45) is 5.73 Å². The third-order valence-corrected chi connectivity index (χ3v) is 2.56. The van der Waals surface area contributed by atoms with Crippen LogP contribution in [0.1, 0.15) is 6.42 Å². The summed E-state index contributed by atoms with van der Waals surface area (Å²) in [5.41, 5.74) is 5.60. The fourth-order valence-electron chi connectivity index (χ4n) is 1.07. The number of halogens is 3. The van der Waals surface area contributed by atoms with Crippen molar-refractivity contribution in [2.75, 3.05) is 0 Å². The Hall–Kier alpha value is -0.150. The topological polar surface area (TPSA) is 35.2 Å². The normalized spacial score (nSPS) is 23.9. The third kappa shape index (κ3) is 2.45. The van der Waals surface area contributed by atoms with E-state index in [1.165, 1.54) is 0 Å². The minimum absolute atomic E-state index is 0. The first-order chi connectivity index (χ1) is 6.18. The van der Waals surface area contributed by atoms with E-state index in [2.05, 4.69) is 0 Å². The molecular weight excluding hydrogens is 244 g/mol. The van der Waals surface area contributed by atoms with E-state index in [4.69, 9.17) is 33.7 Å². The second-order valence-corrected chi connectivity index (χ2v) is 3.92. The molecule has 0 spiro atoms. The van der Waals surface area contributed by atoms with E-state index >= 15 is 0 Å². The van der Waals surface area contributed by atoms with E-state index in [1.54, 1.807) is 18.2 Å². The van der Waals surface area contributed by atoms with Gasteiger partial charge in [0.1, 0.15) is 6.10 Å². The second kappa shape index (κ2) is 4.58. The summed E-state index contributed by atoms with van der Waals surface area (Å²) in [6.45, 7) is 0. The highest BCUT2D eigenvalue weighted by molar-refractivity contribution is 6.37. The van der Waals surface area contributed by atoms with Gasteiger partial charge >= 0.3 is 0 Å². The van der Waals surface area contributed by atoms with Crippen molar-refractivity contribution in [3.05, 3.63) is 28.2 Å². The van der Waals surface area contributed by atoms with Gasteiger partial charge in [-0.2, -0.15) is 0 Å². The summed E-state index contributed by atoms with van der Waals surface area (Å²) in [5, 5.41) is 1.07. The Balaban J connectivity index is 0.000000980. The van der Waals surface area contributed by atoms with Crippen molar-refractivity contribution >= 4 is 35.6 Å². The quantitative estimate of drug-likeness (QED) is 0.881. The predicted octanol–water partition coefficient (Wildman–Crippen LogP) is 2.89. The first kappa shape index (κ1) is 11.9. The SMILES string of the molecule is Cl.N[C@@H]1C[C@@H]1Oc1c(Cl)cccc1Cl. The van der Waals surface area contributed by atoms with Crippen LogP contribution in [0, 0.1) is 0 Å². The first-order valence-electron chi connectivity index (χ1n) is 4.04. The third-order valence-electron chi connectivity index (χ3n) is 1.97. The summed E-state index contributed by atoms with van der Waals surface area (Å²) in [6, 6.07) is 5.41. The van der Waals surface area contributed by atoms with Gasteiger partial charge in [-0.3, -0.25) is 0 Å². The highest BCUT2D eigenvalue weighted by Crippen LogP contribution is 2.36. The number of hydrogen-bond donors (Lipinski definition) is 1. The van der Waals surface area contributed by atoms with E-state index in [1.807, 2.05) is 0 Å². The summed E-state index contributed by atoms with van der Waals surface area (Å²) in [6.07, 6.45) is 0.957. The zero-order valence-electron chi connectivity index (χ0n) is 7.24. The zero-order chi connectivity index (χ0) is 9.42. The van der Waals surface area contributed by atoms with Gasteiger partial charge in [0, 0.05) is 12.5 Å². The molecule has 0 unspecified atom stereocenters. The molecule has 2 N–H and O–H groups in total. The minimum Gasteiger partial charge on any atom is -0.486 e. The maximum atomic E-state index is 5.90. The van der Waals surface area contributed by atoms with Crippen molar-refractivity contribution in [1.29, 1.82) is 0 Å². The molecule has 5 heteroatoms. The Morgan fingerprint density at radius 3 is 2.21 bits per heavy atom. The van der Waals surface area contributed by atoms with Crippen LogP contribution in [0.15, 0.2) is 18.2 Å². The molecule has 2 atom stereocenters. The lowest BCUT2D eigenvalue weighted by Crippen LogP contribution is -2.11. The molecule has 0 amide bonds. The van der Waals surface area contributed by atoms with Crippen LogP contribution in [0.3, 0.4) is 0 Å². The number of hydrogen-bond acceptors (Lipinski definition) is 2. The van der Waals surface area contributed by atoms with Gasteiger partial charge in [0.05, 0.1) is 10.0 Å². The maximum Gasteiger partial charge on any atom is 0.156 e. The lowest BCUT2D eigenvalue weighted by atomic mass is 10.3. The van der Waals surface area contributed by atoms with Crippen molar-refractivity contribution in [1.82, 2.24) is 0 Å². The second-order valence-electron chi connectivity index (χ2n) is 3.11. The van der Waals surface area contributed by atoms with Crippen LogP contribution in [-0.2, 0) is 0 Å². The molecule has 0 radical (unpaired) electrons. The van der Waals surface area contributed by atoms with Crippen LogP contribution >= 0.6 is 35.6 Å². The Bertz CT molecular complexity index is 312. The van der Waals surface area contributed by atoms with Gasteiger partial charge in [-0.05, 0) is 12.1 Å². The van der Waals surface area contributed by atoms with Crippen molar-refractivity contribution in [3.8, 4) is 5.75 Å². The van der Waals surface area contributed by atoms with Gasteiger partial charge in [-0.1, -0.05) is 29.3 Å².